The number of hydrogen-bond donors (Lipinski definition) is 1. The molecule has 18 heavy (non-hydrogen) atoms. The molecule has 0 fully saturated rings. The summed E-state index contributed by atoms with van der Waals surface area (Å²) in [4.78, 5) is 0.950. The van der Waals surface area contributed by atoms with Gasteiger partial charge in [0.25, 0.3) is 0 Å². The van der Waals surface area contributed by atoms with Gasteiger partial charge >= 0.3 is 0 Å². The fourth-order valence-electron chi connectivity index (χ4n) is 1.54. The number of ether oxygens (including phenoxy) is 1. The molecule has 94 valence electrons. The summed E-state index contributed by atoms with van der Waals surface area (Å²) in [5.74, 6) is 0.776. The first-order valence-electron chi connectivity index (χ1n) is 5.43. The third-order valence-corrected chi connectivity index (χ3v) is 3.50. The Balaban J connectivity index is 2.04. The summed E-state index contributed by atoms with van der Waals surface area (Å²) < 4.78 is 18.3. The van der Waals surface area contributed by atoms with E-state index in [4.69, 9.17) is 4.74 Å². The van der Waals surface area contributed by atoms with Crippen LogP contribution in [0.25, 0.3) is 0 Å². The first kappa shape index (κ1) is 12.8. The summed E-state index contributed by atoms with van der Waals surface area (Å²) in [5, 5.41) is 9.33. The molecule has 0 radical (unpaired) electrons. The molecule has 2 rings (SSSR count). The van der Waals surface area contributed by atoms with Gasteiger partial charge in [-0.25, -0.2) is 4.39 Å². The molecule has 2 nitrogen and oxygen atoms in total. The van der Waals surface area contributed by atoms with Crippen LogP contribution in [0.1, 0.15) is 5.56 Å². The van der Waals surface area contributed by atoms with Crippen LogP contribution in [0.4, 0.5) is 4.39 Å². The first-order valence-corrected chi connectivity index (χ1v) is 6.42. The van der Waals surface area contributed by atoms with Gasteiger partial charge in [-0.1, -0.05) is 12.1 Å². The van der Waals surface area contributed by atoms with Gasteiger partial charge in [0.15, 0.2) is 11.6 Å². The molecule has 2 aromatic rings. The van der Waals surface area contributed by atoms with Crippen molar-refractivity contribution in [2.45, 2.75) is 10.6 Å². The highest BCUT2D eigenvalue weighted by Crippen LogP contribution is 2.27. The fourth-order valence-corrected chi connectivity index (χ4v) is 2.43. The molecule has 0 aliphatic heterocycles. The second kappa shape index (κ2) is 5.78. The van der Waals surface area contributed by atoms with Crippen LogP contribution in [0.2, 0.25) is 0 Å². The number of hydrogen-bond acceptors (Lipinski definition) is 3. The molecule has 0 heterocycles. The van der Waals surface area contributed by atoms with E-state index in [1.54, 1.807) is 36.0 Å². The van der Waals surface area contributed by atoms with E-state index in [1.165, 1.54) is 13.2 Å². The maximum absolute atomic E-state index is 13.5. The van der Waals surface area contributed by atoms with Crippen LogP contribution in [0.3, 0.4) is 0 Å². The third kappa shape index (κ3) is 3.17. The van der Waals surface area contributed by atoms with Gasteiger partial charge in [0.2, 0.25) is 0 Å². The van der Waals surface area contributed by atoms with E-state index in [2.05, 4.69) is 0 Å². The average molecular weight is 264 g/mol. The molecule has 0 atom stereocenters. The third-order valence-electron chi connectivity index (χ3n) is 2.44. The maximum atomic E-state index is 13.5. The van der Waals surface area contributed by atoms with E-state index < -0.39 is 0 Å². The number of benzene rings is 2. The van der Waals surface area contributed by atoms with E-state index in [9.17, 15) is 9.50 Å². The zero-order valence-corrected chi connectivity index (χ0v) is 10.7. The van der Waals surface area contributed by atoms with Gasteiger partial charge in [0.1, 0.15) is 5.75 Å². The van der Waals surface area contributed by atoms with Crippen LogP contribution in [0.5, 0.6) is 11.5 Å². The Labute approximate surface area is 109 Å². The molecule has 0 saturated carbocycles. The minimum Gasteiger partial charge on any atom is -0.508 e. The molecular formula is C14H13FO2S. The number of thioether (sulfide) groups is 1. The van der Waals surface area contributed by atoms with Crippen molar-refractivity contribution in [3.8, 4) is 11.5 Å². The van der Waals surface area contributed by atoms with Crippen LogP contribution >= 0.6 is 11.8 Å². The molecule has 0 spiro atoms. The molecule has 0 amide bonds. The van der Waals surface area contributed by atoms with Crippen molar-refractivity contribution in [2.24, 2.45) is 0 Å². The van der Waals surface area contributed by atoms with Gasteiger partial charge in [-0.2, -0.15) is 0 Å². The summed E-state index contributed by atoms with van der Waals surface area (Å²) in [7, 11) is 1.44. The molecule has 0 unspecified atom stereocenters. The van der Waals surface area contributed by atoms with E-state index in [-0.39, 0.29) is 17.3 Å². The minimum absolute atomic E-state index is 0.237. The predicted octanol–water partition coefficient (Wildman–Crippen LogP) is 3.83. The highest BCUT2D eigenvalue weighted by Gasteiger charge is 2.04. The van der Waals surface area contributed by atoms with Crippen LogP contribution in [0, 0.1) is 5.82 Å². The van der Waals surface area contributed by atoms with Gasteiger partial charge in [0.05, 0.1) is 7.11 Å². The van der Waals surface area contributed by atoms with E-state index in [1.807, 2.05) is 12.1 Å². The SMILES string of the molecule is COc1ccc(CSc2cccc(O)c2)cc1F. The predicted molar refractivity (Wildman–Crippen MR) is 70.6 cm³/mol. The molecule has 0 aliphatic rings. The summed E-state index contributed by atoms with van der Waals surface area (Å²) in [6, 6.07) is 11.9. The number of methoxy groups -OCH3 is 1. The quantitative estimate of drug-likeness (QED) is 0.851. The topological polar surface area (TPSA) is 29.5 Å². The lowest BCUT2D eigenvalue weighted by atomic mass is 10.2. The highest BCUT2D eigenvalue weighted by atomic mass is 32.2. The second-order valence-electron chi connectivity index (χ2n) is 3.75. The van der Waals surface area contributed by atoms with Crippen LogP contribution in [0.15, 0.2) is 47.4 Å². The Morgan fingerprint density at radius 3 is 2.72 bits per heavy atom. The minimum atomic E-state index is -0.355. The Morgan fingerprint density at radius 2 is 2.06 bits per heavy atom. The van der Waals surface area contributed by atoms with Crippen molar-refractivity contribution >= 4 is 11.8 Å². The van der Waals surface area contributed by atoms with Gasteiger partial charge in [-0.3, -0.25) is 0 Å². The standard InChI is InChI=1S/C14H13FO2S/c1-17-14-6-5-10(7-13(14)15)9-18-12-4-2-3-11(16)8-12/h2-8,16H,9H2,1H3. The summed E-state index contributed by atoms with van der Waals surface area (Å²) in [6.07, 6.45) is 0. The molecular weight excluding hydrogens is 251 g/mol. The summed E-state index contributed by atoms with van der Waals surface area (Å²) >= 11 is 1.54. The molecule has 1 N–H and O–H groups in total. The number of phenols is 1. The van der Waals surface area contributed by atoms with E-state index in [0.717, 1.165) is 10.5 Å². The molecule has 0 bridgehead atoms. The number of rotatable bonds is 4. The monoisotopic (exact) mass is 264 g/mol. The van der Waals surface area contributed by atoms with Gasteiger partial charge in [-0.15, -0.1) is 11.8 Å². The molecule has 0 aromatic heterocycles. The Kier molecular flexibility index (Phi) is 4.10. The highest BCUT2D eigenvalue weighted by molar-refractivity contribution is 7.98. The largest absolute Gasteiger partial charge is 0.508 e. The van der Waals surface area contributed by atoms with Crippen molar-refractivity contribution < 1.29 is 14.2 Å². The number of aromatic hydroxyl groups is 1. The Hall–Kier alpha value is -1.68. The molecule has 0 saturated heterocycles. The summed E-state index contributed by atoms with van der Waals surface area (Å²) in [5.41, 5.74) is 0.877. The fraction of sp³-hybridized carbons (Fsp3) is 0.143. The zero-order valence-electron chi connectivity index (χ0n) is 9.89. The molecule has 4 heteroatoms. The van der Waals surface area contributed by atoms with Gasteiger partial charge in [-0.05, 0) is 35.9 Å². The zero-order chi connectivity index (χ0) is 13.0. The van der Waals surface area contributed by atoms with Crippen LogP contribution in [-0.2, 0) is 5.75 Å². The van der Waals surface area contributed by atoms with Gasteiger partial charge in [0, 0.05) is 10.6 Å². The van der Waals surface area contributed by atoms with Crippen molar-refractivity contribution in [3.05, 3.63) is 53.8 Å². The van der Waals surface area contributed by atoms with Crippen molar-refractivity contribution in [2.75, 3.05) is 7.11 Å². The van der Waals surface area contributed by atoms with E-state index >= 15 is 0 Å². The Morgan fingerprint density at radius 1 is 1.22 bits per heavy atom. The number of halogens is 1. The lowest BCUT2D eigenvalue weighted by molar-refractivity contribution is 0.386. The smallest absolute Gasteiger partial charge is 0.165 e. The summed E-state index contributed by atoms with van der Waals surface area (Å²) in [6.45, 7) is 0. The Bertz CT molecular complexity index is 543. The van der Waals surface area contributed by atoms with Crippen molar-refractivity contribution in [1.82, 2.24) is 0 Å². The maximum Gasteiger partial charge on any atom is 0.165 e. The lowest BCUT2D eigenvalue weighted by Crippen LogP contribution is -1.89. The van der Waals surface area contributed by atoms with Gasteiger partial charge < -0.3 is 9.84 Å². The van der Waals surface area contributed by atoms with Crippen molar-refractivity contribution in [1.29, 1.82) is 0 Å². The average Bonchev–Trinajstić information content (AvgIpc) is 2.37. The van der Waals surface area contributed by atoms with Crippen LogP contribution < -0.4 is 4.74 Å². The normalized spacial score (nSPS) is 10.3. The number of phenolic OH excluding ortho intramolecular Hbond substituents is 1. The second-order valence-corrected chi connectivity index (χ2v) is 4.80. The van der Waals surface area contributed by atoms with E-state index in [0.29, 0.717) is 5.75 Å². The molecule has 2 aromatic carbocycles. The lowest BCUT2D eigenvalue weighted by Gasteiger charge is -2.05. The van der Waals surface area contributed by atoms with Crippen LogP contribution in [-0.4, -0.2) is 12.2 Å². The molecule has 0 aliphatic carbocycles. The van der Waals surface area contributed by atoms with Crippen molar-refractivity contribution in [3.63, 3.8) is 0 Å². The first-order chi connectivity index (χ1) is 8.69.